The first kappa shape index (κ1) is 26.4. The lowest BCUT2D eigenvalue weighted by Gasteiger charge is -2.19. The zero-order valence-electron chi connectivity index (χ0n) is 20.7. The molecule has 5 rings (SSSR count). The molecule has 4 aromatic rings. The lowest BCUT2D eigenvalue weighted by Crippen LogP contribution is -2.37. The van der Waals surface area contributed by atoms with Crippen LogP contribution in [0.1, 0.15) is 24.6 Å². The van der Waals surface area contributed by atoms with Crippen molar-refractivity contribution in [1.82, 2.24) is 24.2 Å². The van der Waals surface area contributed by atoms with E-state index in [0.29, 0.717) is 23.3 Å². The molecule has 1 aliphatic rings. The van der Waals surface area contributed by atoms with E-state index in [2.05, 4.69) is 15.3 Å². The number of halogens is 2. The number of aromatic nitrogens is 3. The molecule has 198 valence electrons. The molecule has 1 fully saturated rings. The lowest BCUT2D eigenvalue weighted by molar-refractivity contribution is -0.119. The van der Waals surface area contributed by atoms with Crippen LogP contribution in [0.5, 0.6) is 5.75 Å². The standard InChI is InChI=1S/C26H25Cl2N5O4S/c1-16-12-22(32-11-9-29-15-32)19-4-3-5-23(26(19)30-16)37-14-20-21(27)6-7-24(25(20)28)38(35,36)33-10-8-18(13-33)31-17(2)34/h3-7,9,11-12,15,18H,8,10,13-14H2,1-2H3,(H,31,34)/t18-/m1/s1. The molecule has 1 atom stereocenters. The van der Waals surface area contributed by atoms with Gasteiger partial charge < -0.3 is 14.6 Å². The third kappa shape index (κ3) is 5.09. The molecule has 0 unspecified atom stereocenters. The summed E-state index contributed by atoms with van der Waals surface area (Å²) in [5.74, 6) is 0.305. The maximum absolute atomic E-state index is 13.4. The van der Waals surface area contributed by atoms with Crippen molar-refractivity contribution in [3.8, 4) is 11.4 Å². The van der Waals surface area contributed by atoms with Crippen molar-refractivity contribution >= 4 is 50.0 Å². The topological polar surface area (TPSA) is 106 Å². The van der Waals surface area contributed by atoms with Crippen LogP contribution in [-0.2, 0) is 21.4 Å². The second-order valence-electron chi connectivity index (χ2n) is 9.08. The fourth-order valence-corrected chi connectivity index (χ4v) is 6.97. The van der Waals surface area contributed by atoms with Gasteiger partial charge in [0.2, 0.25) is 15.9 Å². The number of carbonyl (C=O) groups excluding carboxylic acids is 1. The SMILES string of the molecule is CC(=O)N[C@@H]1CCN(S(=O)(=O)c2ccc(Cl)c(COc3cccc4c(-n5ccnc5)cc(C)nc34)c2Cl)C1. The van der Waals surface area contributed by atoms with Gasteiger partial charge >= 0.3 is 0 Å². The molecular weight excluding hydrogens is 549 g/mol. The molecule has 1 saturated heterocycles. The first-order chi connectivity index (χ1) is 18.1. The van der Waals surface area contributed by atoms with Gasteiger partial charge in [0.25, 0.3) is 0 Å². The molecule has 0 radical (unpaired) electrons. The third-order valence-corrected chi connectivity index (χ3v) is 9.20. The number of aryl methyl sites for hydroxylation is 1. The predicted octanol–water partition coefficient (Wildman–Crippen LogP) is 4.51. The number of ether oxygens (including phenoxy) is 1. The Labute approximate surface area is 230 Å². The van der Waals surface area contributed by atoms with Crippen LogP contribution in [0.3, 0.4) is 0 Å². The van der Waals surface area contributed by atoms with Crippen molar-refractivity contribution in [3.63, 3.8) is 0 Å². The molecule has 1 aliphatic heterocycles. The summed E-state index contributed by atoms with van der Waals surface area (Å²) in [4.78, 5) is 20.2. The normalized spacial score (nSPS) is 16.2. The Kier molecular flexibility index (Phi) is 7.32. The van der Waals surface area contributed by atoms with Gasteiger partial charge in [-0.1, -0.05) is 35.3 Å². The van der Waals surface area contributed by atoms with Crippen LogP contribution in [0.15, 0.2) is 60.0 Å². The third-order valence-electron chi connectivity index (χ3n) is 6.39. The molecule has 12 heteroatoms. The van der Waals surface area contributed by atoms with Crippen LogP contribution in [0.4, 0.5) is 0 Å². The quantitative estimate of drug-likeness (QED) is 0.348. The van der Waals surface area contributed by atoms with Gasteiger partial charge in [0, 0.05) is 60.1 Å². The minimum Gasteiger partial charge on any atom is -0.487 e. The largest absolute Gasteiger partial charge is 0.487 e. The van der Waals surface area contributed by atoms with Gasteiger partial charge in [-0.05, 0) is 37.6 Å². The summed E-state index contributed by atoms with van der Waals surface area (Å²) < 4.78 is 36.2. The Morgan fingerprint density at radius 1 is 1.24 bits per heavy atom. The number of hydrogen-bond acceptors (Lipinski definition) is 6. The number of para-hydroxylation sites is 1. The van der Waals surface area contributed by atoms with Gasteiger partial charge in [-0.15, -0.1) is 0 Å². The minimum atomic E-state index is -3.92. The van der Waals surface area contributed by atoms with E-state index >= 15 is 0 Å². The highest BCUT2D eigenvalue weighted by Crippen LogP contribution is 2.36. The van der Waals surface area contributed by atoms with Crippen molar-refractivity contribution in [3.05, 3.63) is 76.4 Å². The van der Waals surface area contributed by atoms with Gasteiger partial charge in [0.05, 0.1) is 17.0 Å². The van der Waals surface area contributed by atoms with E-state index in [0.717, 1.165) is 16.8 Å². The van der Waals surface area contributed by atoms with Crippen LogP contribution >= 0.6 is 23.2 Å². The predicted molar refractivity (Wildman–Crippen MR) is 145 cm³/mol. The fraction of sp³-hybridized carbons (Fsp3) is 0.269. The van der Waals surface area contributed by atoms with Gasteiger partial charge in [-0.3, -0.25) is 4.79 Å². The highest BCUT2D eigenvalue weighted by Gasteiger charge is 2.35. The molecule has 1 N–H and O–H groups in total. The van der Waals surface area contributed by atoms with Crippen LogP contribution < -0.4 is 10.1 Å². The summed E-state index contributed by atoms with van der Waals surface area (Å²) in [5, 5.41) is 3.92. The summed E-state index contributed by atoms with van der Waals surface area (Å²) in [5.41, 5.74) is 2.70. The number of amides is 1. The number of imidazole rings is 1. The second-order valence-corrected chi connectivity index (χ2v) is 11.8. The maximum Gasteiger partial charge on any atom is 0.244 e. The average Bonchev–Trinajstić information content (AvgIpc) is 3.56. The number of nitrogens with one attached hydrogen (secondary N) is 1. The molecule has 3 heterocycles. The van der Waals surface area contributed by atoms with E-state index < -0.39 is 10.0 Å². The number of fused-ring (bicyclic) bond motifs is 1. The Morgan fingerprint density at radius 2 is 2.05 bits per heavy atom. The van der Waals surface area contributed by atoms with Crippen molar-refractivity contribution in [2.45, 2.75) is 37.8 Å². The molecule has 1 amide bonds. The van der Waals surface area contributed by atoms with Crippen molar-refractivity contribution < 1.29 is 17.9 Å². The first-order valence-corrected chi connectivity index (χ1v) is 14.1. The van der Waals surface area contributed by atoms with E-state index in [1.165, 1.54) is 23.4 Å². The van der Waals surface area contributed by atoms with Crippen LogP contribution in [0.25, 0.3) is 16.6 Å². The molecule has 2 aromatic heterocycles. The number of carbonyl (C=O) groups is 1. The molecule has 0 bridgehead atoms. The minimum absolute atomic E-state index is 0.00366. The smallest absolute Gasteiger partial charge is 0.244 e. The number of sulfonamides is 1. The number of benzene rings is 2. The van der Waals surface area contributed by atoms with Crippen LogP contribution in [-0.4, -0.2) is 52.3 Å². The van der Waals surface area contributed by atoms with E-state index in [-0.39, 0.29) is 46.6 Å². The fourth-order valence-electron chi connectivity index (χ4n) is 4.61. The summed E-state index contributed by atoms with van der Waals surface area (Å²) in [7, 11) is -3.92. The molecule has 9 nitrogen and oxygen atoms in total. The summed E-state index contributed by atoms with van der Waals surface area (Å²) in [6.45, 7) is 3.69. The second kappa shape index (κ2) is 10.5. The molecular formula is C26H25Cl2N5O4S. The van der Waals surface area contributed by atoms with E-state index in [1.807, 2.05) is 35.9 Å². The van der Waals surface area contributed by atoms with Gasteiger partial charge in [0.15, 0.2) is 0 Å². The highest BCUT2D eigenvalue weighted by atomic mass is 35.5. The van der Waals surface area contributed by atoms with E-state index in [1.54, 1.807) is 18.6 Å². The zero-order valence-corrected chi connectivity index (χ0v) is 23.0. The Morgan fingerprint density at radius 3 is 2.79 bits per heavy atom. The number of rotatable bonds is 7. The summed E-state index contributed by atoms with van der Waals surface area (Å²) in [6.07, 6.45) is 5.79. The van der Waals surface area contributed by atoms with Crippen LogP contribution in [0, 0.1) is 6.92 Å². The summed E-state index contributed by atoms with van der Waals surface area (Å²) >= 11 is 13.1. The molecule has 38 heavy (non-hydrogen) atoms. The molecule has 0 saturated carbocycles. The van der Waals surface area contributed by atoms with Crippen molar-refractivity contribution in [2.75, 3.05) is 13.1 Å². The van der Waals surface area contributed by atoms with Crippen LogP contribution in [0.2, 0.25) is 10.0 Å². The molecule has 2 aromatic carbocycles. The number of pyridine rings is 1. The highest BCUT2D eigenvalue weighted by molar-refractivity contribution is 7.89. The monoisotopic (exact) mass is 573 g/mol. The maximum atomic E-state index is 13.4. The lowest BCUT2D eigenvalue weighted by atomic mass is 10.1. The van der Waals surface area contributed by atoms with Gasteiger partial charge in [-0.25, -0.2) is 18.4 Å². The average molecular weight is 574 g/mol. The van der Waals surface area contributed by atoms with E-state index in [4.69, 9.17) is 27.9 Å². The zero-order chi connectivity index (χ0) is 27.0. The summed E-state index contributed by atoms with van der Waals surface area (Å²) in [6, 6.07) is 10.2. The van der Waals surface area contributed by atoms with Gasteiger partial charge in [0.1, 0.15) is 22.8 Å². The number of hydrogen-bond donors (Lipinski definition) is 1. The van der Waals surface area contributed by atoms with Gasteiger partial charge in [-0.2, -0.15) is 4.31 Å². The molecule has 0 aliphatic carbocycles. The van der Waals surface area contributed by atoms with Crippen molar-refractivity contribution in [2.24, 2.45) is 0 Å². The Bertz CT molecular complexity index is 1630. The first-order valence-electron chi connectivity index (χ1n) is 11.9. The Hall–Kier alpha value is -3.18. The molecule has 0 spiro atoms. The number of nitrogens with zero attached hydrogens (tertiary/aromatic N) is 4. The van der Waals surface area contributed by atoms with E-state index in [9.17, 15) is 13.2 Å². The Balaban J connectivity index is 1.44. The van der Waals surface area contributed by atoms with Crippen molar-refractivity contribution in [1.29, 1.82) is 0 Å².